The number of nitrogens with zero attached hydrogens (tertiary/aromatic N) is 3. The molecule has 1 heterocycles. The highest BCUT2D eigenvalue weighted by Gasteiger charge is 2.18. The lowest BCUT2D eigenvalue weighted by Gasteiger charge is -2.29. The molecule has 116 valence electrons. The summed E-state index contributed by atoms with van der Waals surface area (Å²) in [5.74, 6) is 0. The largest absolute Gasteiger partial charge is 0.344 e. The van der Waals surface area contributed by atoms with Crippen LogP contribution in [0.15, 0.2) is 0 Å². The summed E-state index contributed by atoms with van der Waals surface area (Å²) < 4.78 is 0. The van der Waals surface area contributed by atoms with Crippen LogP contribution in [0.2, 0.25) is 0 Å². The van der Waals surface area contributed by atoms with E-state index in [1.807, 2.05) is 11.3 Å². The second kappa shape index (κ2) is 7.96. The van der Waals surface area contributed by atoms with Crippen molar-refractivity contribution in [3.05, 3.63) is 10.6 Å². The molecule has 0 radical (unpaired) electrons. The van der Waals surface area contributed by atoms with Crippen LogP contribution >= 0.6 is 11.3 Å². The zero-order chi connectivity index (χ0) is 15.3. The molecule has 0 aliphatic rings. The van der Waals surface area contributed by atoms with Crippen molar-refractivity contribution in [3.63, 3.8) is 0 Å². The van der Waals surface area contributed by atoms with Crippen molar-refractivity contribution < 1.29 is 0 Å². The number of rotatable bonds is 8. The Kier molecular flexibility index (Phi) is 6.92. The summed E-state index contributed by atoms with van der Waals surface area (Å²) in [6.07, 6.45) is 0. The van der Waals surface area contributed by atoms with Crippen molar-refractivity contribution in [1.82, 2.24) is 15.2 Å². The number of nitrogens with one attached hydrogen (secondary N) is 1. The molecule has 1 atom stereocenters. The number of hydrogen-bond acceptors (Lipinski definition) is 5. The van der Waals surface area contributed by atoms with E-state index in [1.54, 1.807) is 0 Å². The van der Waals surface area contributed by atoms with Crippen molar-refractivity contribution in [1.29, 1.82) is 0 Å². The Bertz CT molecular complexity index is 401. The summed E-state index contributed by atoms with van der Waals surface area (Å²) in [5, 5.41) is 4.63. The molecule has 0 saturated carbocycles. The summed E-state index contributed by atoms with van der Waals surface area (Å²) in [4.78, 5) is 10.8. The van der Waals surface area contributed by atoms with E-state index in [0.717, 1.165) is 30.5 Å². The van der Waals surface area contributed by atoms with E-state index in [2.05, 4.69) is 63.8 Å². The van der Waals surface area contributed by atoms with Crippen molar-refractivity contribution >= 4 is 16.5 Å². The van der Waals surface area contributed by atoms with Gasteiger partial charge in [0.05, 0.1) is 5.69 Å². The van der Waals surface area contributed by atoms with Crippen molar-refractivity contribution in [2.45, 2.75) is 53.2 Å². The smallest absolute Gasteiger partial charge is 0.186 e. The van der Waals surface area contributed by atoms with Gasteiger partial charge in [-0.05, 0) is 34.9 Å². The summed E-state index contributed by atoms with van der Waals surface area (Å²) >= 11 is 1.82. The molecule has 0 aliphatic carbocycles. The number of aromatic nitrogens is 1. The molecule has 20 heavy (non-hydrogen) atoms. The van der Waals surface area contributed by atoms with Gasteiger partial charge in [0, 0.05) is 36.6 Å². The van der Waals surface area contributed by atoms with Gasteiger partial charge in [0.15, 0.2) is 5.13 Å². The van der Waals surface area contributed by atoms with Gasteiger partial charge in [0.2, 0.25) is 0 Å². The lowest BCUT2D eigenvalue weighted by atomic mass is 10.3. The lowest BCUT2D eigenvalue weighted by Crippen LogP contribution is -2.40. The second-order valence-corrected chi connectivity index (χ2v) is 7.00. The van der Waals surface area contributed by atoms with E-state index < -0.39 is 0 Å². The predicted octanol–water partition coefficient (Wildman–Crippen LogP) is 2.73. The highest BCUT2D eigenvalue weighted by molar-refractivity contribution is 7.15. The van der Waals surface area contributed by atoms with Crippen LogP contribution in [0.25, 0.3) is 0 Å². The molecule has 1 aromatic rings. The first-order chi connectivity index (χ1) is 9.35. The van der Waals surface area contributed by atoms with Crippen LogP contribution in [0.1, 0.15) is 38.3 Å². The van der Waals surface area contributed by atoms with E-state index in [0.29, 0.717) is 12.1 Å². The van der Waals surface area contributed by atoms with Gasteiger partial charge in [-0.15, -0.1) is 11.3 Å². The minimum absolute atomic E-state index is 0.478. The summed E-state index contributed by atoms with van der Waals surface area (Å²) in [7, 11) is 4.24. The Balaban J connectivity index is 2.80. The molecular weight excluding hydrogens is 268 g/mol. The molecule has 0 aliphatic heterocycles. The van der Waals surface area contributed by atoms with E-state index in [-0.39, 0.29) is 0 Å². The fraction of sp³-hybridized carbons (Fsp3) is 0.800. The molecule has 1 N–H and O–H groups in total. The topological polar surface area (TPSA) is 31.4 Å². The maximum atomic E-state index is 4.77. The molecule has 0 bridgehead atoms. The summed E-state index contributed by atoms with van der Waals surface area (Å²) in [6, 6.07) is 0.987. The standard InChI is InChI=1S/C15H30N4S/c1-8-19(12(4)10-18(6)7)15-17-13(5)14(20-15)9-16-11(2)3/h11-12,16H,8-10H2,1-7H3. The Hall–Kier alpha value is -0.650. The Morgan fingerprint density at radius 2 is 1.90 bits per heavy atom. The number of thiazole rings is 1. The maximum Gasteiger partial charge on any atom is 0.186 e. The third-order valence-corrected chi connectivity index (χ3v) is 4.49. The van der Waals surface area contributed by atoms with Gasteiger partial charge >= 0.3 is 0 Å². The Morgan fingerprint density at radius 1 is 1.25 bits per heavy atom. The van der Waals surface area contributed by atoms with Gasteiger partial charge in [-0.2, -0.15) is 0 Å². The third-order valence-electron chi connectivity index (χ3n) is 3.30. The van der Waals surface area contributed by atoms with E-state index in [9.17, 15) is 0 Å². The molecule has 5 heteroatoms. The van der Waals surface area contributed by atoms with E-state index in [4.69, 9.17) is 4.98 Å². The van der Waals surface area contributed by atoms with Gasteiger partial charge < -0.3 is 15.1 Å². The quantitative estimate of drug-likeness (QED) is 0.799. The van der Waals surface area contributed by atoms with Crippen LogP contribution in [0.4, 0.5) is 5.13 Å². The van der Waals surface area contributed by atoms with Crippen molar-refractivity contribution in [2.24, 2.45) is 0 Å². The summed E-state index contributed by atoms with van der Waals surface area (Å²) in [5.41, 5.74) is 1.16. The number of likely N-dealkylation sites (N-methyl/N-ethyl adjacent to an activating group) is 2. The average molecular weight is 299 g/mol. The van der Waals surface area contributed by atoms with Crippen LogP contribution in [-0.2, 0) is 6.54 Å². The van der Waals surface area contributed by atoms with Crippen LogP contribution in [0, 0.1) is 6.92 Å². The zero-order valence-electron chi connectivity index (χ0n) is 14.0. The second-order valence-electron chi connectivity index (χ2n) is 5.94. The Labute approximate surface area is 128 Å². The molecule has 0 spiro atoms. The van der Waals surface area contributed by atoms with Crippen molar-refractivity contribution in [3.8, 4) is 0 Å². The molecule has 0 saturated heterocycles. The van der Waals surface area contributed by atoms with Crippen LogP contribution in [0.5, 0.6) is 0 Å². The van der Waals surface area contributed by atoms with Crippen LogP contribution in [0.3, 0.4) is 0 Å². The predicted molar refractivity (Wildman–Crippen MR) is 89.9 cm³/mol. The molecular formula is C15H30N4S. The SMILES string of the molecule is CCN(c1nc(C)c(CNC(C)C)s1)C(C)CN(C)C. The molecule has 1 aromatic heterocycles. The molecule has 1 rings (SSSR count). The highest BCUT2D eigenvalue weighted by atomic mass is 32.1. The first kappa shape index (κ1) is 17.4. The highest BCUT2D eigenvalue weighted by Crippen LogP contribution is 2.27. The lowest BCUT2D eigenvalue weighted by molar-refractivity contribution is 0.373. The fourth-order valence-corrected chi connectivity index (χ4v) is 3.44. The number of hydrogen-bond donors (Lipinski definition) is 1. The minimum Gasteiger partial charge on any atom is -0.344 e. The average Bonchev–Trinajstić information content (AvgIpc) is 2.67. The van der Waals surface area contributed by atoms with Gasteiger partial charge in [-0.1, -0.05) is 13.8 Å². The van der Waals surface area contributed by atoms with Crippen LogP contribution < -0.4 is 10.2 Å². The first-order valence-electron chi connectivity index (χ1n) is 7.46. The molecule has 4 nitrogen and oxygen atoms in total. The third kappa shape index (κ3) is 5.04. The number of aryl methyl sites for hydroxylation is 1. The number of anilines is 1. The fourth-order valence-electron chi connectivity index (χ4n) is 2.26. The van der Waals surface area contributed by atoms with Gasteiger partial charge in [0.1, 0.15) is 0 Å². The molecule has 0 aromatic carbocycles. The van der Waals surface area contributed by atoms with Gasteiger partial charge in [-0.25, -0.2) is 4.98 Å². The normalized spacial score (nSPS) is 13.2. The molecule has 0 fully saturated rings. The Morgan fingerprint density at radius 3 is 2.40 bits per heavy atom. The zero-order valence-corrected chi connectivity index (χ0v) is 14.8. The summed E-state index contributed by atoms with van der Waals surface area (Å²) in [6.45, 7) is 13.9. The molecule has 1 unspecified atom stereocenters. The monoisotopic (exact) mass is 298 g/mol. The van der Waals surface area contributed by atoms with Gasteiger partial charge in [-0.3, -0.25) is 0 Å². The van der Waals surface area contributed by atoms with E-state index >= 15 is 0 Å². The van der Waals surface area contributed by atoms with Crippen molar-refractivity contribution in [2.75, 3.05) is 32.1 Å². The van der Waals surface area contributed by atoms with E-state index in [1.165, 1.54) is 4.88 Å². The maximum absolute atomic E-state index is 4.77. The molecule has 0 amide bonds. The minimum atomic E-state index is 0.478. The first-order valence-corrected chi connectivity index (χ1v) is 8.27. The van der Waals surface area contributed by atoms with Crippen LogP contribution in [-0.4, -0.2) is 49.2 Å². The van der Waals surface area contributed by atoms with Gasteiger partial charge in [0.25, 0.3) is 0 Å².